The van der Waals surface area contributed by atoms with Crippen molar-refractivity contribution in [3.63, 3.8) is 0 Å². The number of hydrogen-bond acceptors (Lipinski definition) is 5. The maximum Gasteiger partial charge on any atom is 0.311 e. The van der Waals surface area contributed by atoms with Crippen LogP contribution < -0.4 is 4.74 Å². The Morgan fingerprint density at radius 1 is 1.43 bits per heavy atom. The first-order chi connectivity index (χ1) is 10.0. The van der Waals surface area contributed by atoms with E-state index in [0.717, 1.165) is 21.1 Å². The van der Waals surface area contributed by atoms with Gasteiger partial charge in [0.25, 0.3) is 0 Å². The van der Waals surface area contributed by atoms with Gasteiger partial charge < -0.3 is 9.47 Å². The molecule has 0 aliphatic carbocycles. The highest BCUT2D eigenvalue weighted by molar-refractivity contribution is 7.15. The Labute approximate surface area is 132 Å². The Hall–Kier alpha value is -1.59. The predicted molar refractivity (Wildman–Crippen MR) is 84.2 cm³/mol. The van der Waals surface area contributed by atoms with Gasteiger partial charge in [-0.25, -0.2) is 4.98 Å². The molecule has 1 aromatic heterocycles. The minimum absolute atomic E-state index is 0.237. The summed E-state index contributed by atoms with van der Waals surface area (Å²) in [5.41, 5.74) is 1.70. The predicted octanol–water partition coefficient (Wildman–Crippen LogP) is 3.89. The van der Waals surface area contributed by atoms with Crippen LogP contribution in [0.4, 0.5) is 0 Å². The zero-order valence-electron chi connectivity index (χ0n) is 12.1. The average Bonchev–Trinajstić information content (AvgIpc) is 2.80. The smallest absolute Gasteiger partial charge is 0.311 e. The summed E-state index contributed by atoms with van der Waals surface area (Å²) in [6.07, 6.45) is 0.243. The van der Waals surface area contributed by atoms with Crippen molar-refractivity contribution in [2.45, 2.75) is 20.3 Å². The van der Waals surface area contributed by atoms with Crippen molar-refractivity contribution in [2.24, 2.45) is 0 Å². The molecular formula is C15H16ClNO3S. The molecule has 0 saturated carbocycles. The number of carbonyl (C=O) groups is 1. The van der Waals surface area contributed by atoms with E-state index in [0.29, 0.717) is 17.4 Å². The van der Waals surface area contributed by atoms with Gasteiger partial charge in [0, 0.05) is 9.90 Å². The Bertz CT molecular complexity index is 654. The first kappa shape index (κ1) is 15.8. The van der Waals surface area contributed by atoms with E-state index in [1.807, 2.05) is 13.0 Å². The van der Waals surface area contributed by atoms with Crippen molar-refractivity contribution >= 4 is 28.9 Å². The first-order valence-corrected chi connectivity index (χ1v) is 7.70. The van der Waals surface area contributed by atoms with Crippen molar-refractivity contribution in [3.05, 3.63) is 33.8 Å². The van der Waals surface area contributed by atoms with Crippen LogP contribution in [-0.4, -0.2) is 24.7 Å². The molecule has 1 aromatic carbocycles. The molecule has 112 valence electrons. The Kier molecular flexibility index (Phi) is 5.20. The van der Waals surface area contributed by atoms with Gasteiger partial charge in [-0.2, -0.15) is 0 Å². The molecule has 0 radical (unpaired) electrons. The molecule has 2 rings (SSSR count). The number of nitrogens with zero attached hydrogens (tertiary/aromatic N) is 1. The van der Waals surface area contributed by atoms with Crippen LogP contribution in [0.3, 0.4) is 0 Å². The van der Waals surface area contributed by atoms with Crippen molar-refractivity contribution in [2.75, 3.05) is 13.7 Å². The van der Waals surface area contributed by atoms with Crippen LogP contribution in [0.15, 0.2) is 18.2 Å². The molecule has 0 spiro atoms. The fourth-order valence-corrected chi connectivity index (χ4v) is 3.13. The normalized spacial score (nSPS) is 10.5. The van der Waals surface area contributed by atoms with Crippen molar-refractivity contribution in [1.82, 2.24) is 4.98 Å². The Morgan fingerprint density at radius 3 is 2.86 bits per heavy atom. The third kappa shape index (κ3) is 3.74. The SMILES string of the molecule is CCOC(=O)Cc1sc(-c2ccc(Cl)cc2OC)nc1C. The highest BCUT2D eigenvalue weighted by Crippen LogP contribution is 2.36. The van der Waals surface area contributed by atoms with Gasteiger partial charge >= 0.3 is 5.97 Å². The molecule has 2 aromatic rings. The van der Waals surface area contributed by atoms with Crippen LogP contribution in [0.2, 0.25) is 5.02 Å². The fraction of sp³-hybridized carbons (Fsp3) is 0.333. The number of rotatable bonds is 5. The number of hydrogen-bond donors (Lipinski definition) is 0. The number of aryl methyl sites for hydroxylation is 1. The van der Waals surface area contributed by atoms with Gasteiger partial charge in [0.2, 0.25) is 0 Å². The lowest BCUT2D eigenvalue weighted by Gasteiger charge is -2.05. The van der Waals surface area contributed by atoms with Gasteiger partial charge in [-0.05, 0) is 32.0 Å². The molecule has 6 heteroatoms. The van der Waals surface area contributed by atoms with E-state index in [4.69, 9.17) is 21.1 Å². The number of ether oxygens (including phenoxy) is 2. The summed E-state index contributed by atoms with van der Waals surface area (Å²) in [5.74, 6) is 0.429. The second-order valence-electron chi connectivity index (χ2n) is 4.35. The number of benzene rings is 1. The number of thiazole rings is 1. The van der Waals surface area contributed by atoms with Gasteiger partial charge in [0.05, 0.1) is 31.4 Å². The number of methoxy groups -OCH3 is 1. The molecule has 0 bridgehead atoms. The fourth-order valence-electron chi connectivity index (χ4n) is 1.89. The third-order valence-corrected chi connectivity index (χ3v) is 4.32. The van der Waals surface area contributed by atoms with Crippen LogP contribution in [0.1, 0.15) is 17.5 Å². The monoisotopic (exact) mass is 325 g/mol. The van der Waals surface area contributed by atoms with Gasteiger partial charge in [0.15, 0.2) is 0 Å². The molecule has 1 heterocycles. The van der Waals surface area contributed by atoms with E-state index in [1.54, 1.807) is 26.2 Å². The van der Waals surface area contributed by atoms with Gasteiger partial charge in [0.1, 0.15) is 10.8 Å². The largest absolute Gasteiger partial charge is 0.496 e. The summed E-state index contributed by atoms with van der Waals surface area (Å²) in [5, 5.41) is 1.41. The summed E-state index contributed by atoms with van der Waals surface area (Å²) < 4.78 is 10.3. The first-order valence-electron chi connectivity index (χ1n) is 6.51. The quantitative estimate of drug-likeness (QED) is 0.783. The summed E-state index contributed by atoms with van der Waals surface area (Å²) in [7, 11) is 1.59. The van der Waals surface area contributed by atoms with Gasteiger partial charge in [-0.15, -0.1) is 11.3 Å². The number of aromatic nitrogens is 1. The van der Waals surface area contributed by atoms with Gasteiger partial charge in [-0.3, -0.25) is 4.79 Å². The number of halogens is 1. The summed E-state index contributed by atoms with van der Waals surface area (Å²) >= 11 is 7.43. The van der Waals surface area contributed by atoms with Crippen LogP contribution in [0.25, 0.3) is 10.6 Å². The second kappa shape index (κ2) is 6.91. The number of esters is 1. The van der Waals surface area contributed by atoms with E-state index in [9.17, 15) is 4.79 Å². The molecule has 0 unspecified atom stereocenters. The lowest BCUT2D eigenvalue weighted by Crippen LogP contribution is -2.07. The molecule has 0 saturated heterocycles. The molecule has 0 fully saturated rings. The van der Waals surface area contributed by atoms with Crippen LogP contribution in [-0.2, 0) is 16.0 Å². The highest BCUT2D eigenvalue weighted by atomic mass is 35.5. The standard InChI is InChI=1S/C15H16ClNO3S/c1-4-20-14(18)8-13-9(2)17-15(21-13)11-6-5-10(16)7-12(11)19-3/h5-7H,4,8H2,1-3H3. The van der Waals surface area contributed by atoms with Crippen molar-refractivity contribution < 1.29 is 14.3 Å². The summed E-state index contributed by atoms with van der Waals surface area (Å²) in [4.78, 5) is 17.0. The van der Waals surface area contributed by atoms with E-state index in [2.05, 4.69) is 4.98 Å². The minimum atomic E-state index is -0.237. The number of carbonyl (C=O) groups excluding carboxylic acids is 1. The Morgan fingerprint density at radius 2 is 2.19 bits per heavy atom. The molecule has 0 atom stereocenters. The van der Waals surface area contributed by atoms with E-state index in [-0.39, 0.29) is 12.4 Å². The molecule has 21 heavy (non-hydrogen) atoms. The molecule has 0 aliphatic heterocycles. The van der Waals surface area contributed by atoms with E-state index in [1.165, 1.54) is 11.3 Å². The molecule has 0 amide bonds. The maximum atomic E-state index is 11.6. The highest BCUT2D eigenvalue weighted by Gasteiger charge is 2.16. The third-order valence-electron chi connectivity index (χ3n) is 2.90. The van der Waals surface area contributed by atoms with Gasteiger partial charge in [-0.1, -0.05) is 11.6 Å². The van der Waals surface area contributed by atoms with Crippen molar-refractivity contribution in [1.29, 1.82) is 0 Å². The molecule has 0 N–H and O–H groups in total. The Balaban J connectivity index is 2.32. The average molecular weight is 326 g/mol. The molecule has 4 nitrogen and oxygen atoms in total. The summed E-state index contributed by atoms with van der Waals surface area (Å²) in [6.45, 7) is 4.06. The van der Waals surface area contributed by atoms with Crippen molar-refractivity contribution in [3.8, 4) is 16.3 Å². The van der Waals surface area contributed by atoms with Crippen LogP contribution >= 0.6 is 22.9 Å². The van der Waals surface area contributed by atoms with Crippen LogP contribution in [0, 0.1) is 6.92 Å². The lowest BCUT2D eigenvalue weighted by atomic mass is 10.2. The molecule has 0 aliphatic rings. The topological polar surface area (TPSA) is 48.4 Å². The minimum Gasteiger partial charge on any atom is -0.496 e. The summed E-state index contributed by atoms with van der Waals surface area (Å²) in [6, 6.07) is 5.41. The van der Waals surface area contributed by atoms with Crippen LogP contribution in [0.5, 0.6) is 5.75 Å². The van der Waals surface area contributed by atoms with E-state index >= 15 is 0 Å². The zero-order chi connectivity index (χ0) is 15.4. The lowest BCUT2D eigenvalue weighted by molar-refractivity contribution is -0.142. The van der Waals surface area contributed by atoms with E-state index < -0.39 is 0 Å². The molecular weight excluding hydrogens is 310 g/mol. The zero-order valence-corrected chi connectivity index (χ0v) is 13.7. The second-order valence-corrected chi connectivity index (χ2v) is 5.87. The maximum absolute atomic E-state index is 11.6.